The fraction of sp³-hybridized carbons (Fsp3) is 0.438. The minimum absolute atomic E-state index is 0.171. The highest BCUT2D eigenvalue weighted by molar-refractivity contribution is 5.97. The van der Waals surface area contributed by atoms with Crippen LogP contribution >= 0.6 is 0 Å². The molecule has 1 aliphatic carbocycles. The lowest BCUT2D eigenvalue weighted by atomic mass is 9.86. The first-order valence-corrected chi connectivity index (χ1v) is 7.25. The molecule has 0 radical (unpaired) electrons. The van der Waals surface area contributed by atoms with Crippen LogP contribution in [0.5, 0.6) is 0 Å². The summed E-state index contributed by atoms with van der Waals surface area (Å²) in [6.45, 7) is 2.15. The van der Waals surface area contributed by atoms with E-state index in [-0.39, 0.29) is 17.6 Å². The lowest BCUT2D eigenvalue weighted by molar-refractivity contribution is -0.131. The Morgan fingerprint density at radius 3 is 2.86 bits per heavy atom. The Bertz CT molecular complexity index is 554. The van der Waals surface area contributed by atoms with Gasteiger partial charge in [0, 0.05) is 23.9 Å². The summed E-state index contributed by atoms with van der Waals surface area (Å²) in [7, 11) is 0. The van der Waals surface area contributed by atoms with E-state index in [0.29, 0.717) is 11.5 Å². The number of carbonyl (C=O) groups excluding carboxylic acids is 1. The Labute approximate surface area is 124 Å². The standard InChI is InChI=1S/C16H20N2O3/c1-11-5-2-3-7-13(11)18-16(21)15-12(6-4-10-17-15)8-9-14(19)20/h4,6,8-11,13H,2-3,5,7H2,1H3,(H,18,21)(H,19,20)/b9-8+. The minimum atomic E-state index is -1.05. The van der Waals surface area contributed by atoms with E-state index < -0.39 is 5.97 Å². The van der Waals surface area contributed by atoms with Gasteiger partial charge in [0.15, 0.2) is 0 Å². The van der Waals surface area contributed by atoms with Crippen molar-refractivity contribution < 1.29 is 14.7 Å². The number of aliphatic carboxylic acids is 1. The number of carbonyl (C=O) groups is 2. The van der Waals surface area contributed by atoms with Crippen LogP contribution in [0, 0.1) is 5.92 Å². The number of carboxylic acid groups (broad SMARTS) is 1. The summed E-state index contributed by atoms with van der Waals surface area (Å²) in [5, 5.41) is 11.7. The predicted molar refractivity (Wildman–Crippen MR) is 79.8 cm³/mol. The van der Waals surface area contributed by atoms with Crippen molar-refractivity contribution >= 4 is 18.0 Å². The highest BCUT2D eigenvalue weighted by Gasteiger charge is 2.24. The smallest absolute Gasteiger partial charge is 0.328 e. The maximum Gasteiger partial charge on any atom is 0.328 e. The number of nitrogens with one attached hydrogen (secondary N) is 1. The van der Waals surface area contributed by atoms with Crippen molar-refractivity contribution in [1.29, 1.82) is 0 Å². The number of hydrogen-bond acceptors (Lipinski definition) is 3. The summed E-state index contributed by atoms with van der Waals surface area (Å²) in [6.07, 6.45) is 8.40. The summed E-state index contributed by atoms with van der Waals surface area (Å²) >= 11 is 0. The lowest BCUT2D eigenvalue weighted by Gasteiger charge is -2.29. The topological polar surface area (TPSA) is 79.3 Å². The second-order valence-electron chi connectivity index (χ2n) is 5.45. The summed E-state index contributed by atoms with van der Waals surface area (Å²) in [4.78, 5) is 27.1. The van der Waals surface area contributed by atoms with Gasteiger partial charge < -0.3 is 10.4 Å². The van der Waals surface area contributed by atoms with Gasteiger partial charge in [-0.15, -0.1) is 0 Å². The number of amides is 1. The summed E-state index contributed by atoms with van der Waals surface area (Å²) < 4.78 is 0. The van der Waals surface area contributed by atoms with Crippen molar-refractivity contribution in [2.45, 2.75) is 38.6 Å². The third-order valence-corrected chi connectivity index (χ3v) is 3.89. The Morgan fingerprint density at radius 1 is 1.38 bits per heavy atom. The maximum absolute atomic E-state index is 12.4. The molecule has 0 saturated heterocycles. The molecule has 1 saturated carbocycles. The van der Waals surface area contributed by atoms with Gasteiger partial charge in [0.25, 0.3) is 5.91 Å². The van der Waals surface area contributed by atoms with Crippen molar-refractivity contribution in [3.8, 4) is 0 Å². The molecular formula is C16H20N2O3. The van der Waals surface area contributed by atoms with Crippen LogP contribution in [0.2, 0.25) is 0 Å². The molecule has 1 aliphatic rings. The number of carboxylic acids is 1. The molecule has 1 aromatic rings. The van der Waals surface area contributed by atoms with E-state index in [1.165, 1.54) is 18.7 Å². The Hall–Kier alpha value is -2.17. The number of rotatable bonds is 4. The summed E-state index contributed by atoms with van der Waals surface area (Å²) in [6, 6.07) is 3.54. The number of hydrogen-bond donors (Lipinski definition) is 2. The van der Waals surface area contributed by atoms with E-state index in [9.17, 15) is 9.59 Å². The molecule has 0 aliphatic heterocycles. The van der Waals surface area contributed by atoms with Gasteiger partial charge in [0.1, 0.15) is 5.69 Å². The van der Waals surface area contributed by atoms with Gasteiger partial charge in [0.2, 0.25) is 0 Å². The maximum atomic E-state index is 12.4. The number of aromatic nitrogens is 1. The molecule has 0 spiro atoms. The van der Waals surface area contributed by atoms with Crippen LogP contribution in [0.1, 0.15) is 48.7 Å². The van der Waals surface area contributed by atoms with E-state index in [0.717, 1.165) is 25.3 Å². The normalized spacial score (nSPS) is 22.1. The molecule has 2 N–H and O–H groups in total. The van der Waals surface area contributed by atoms with Gasteiger partial charge in [-0.1, -0.05) is 25.8 Å². The van der Waals surface area contributed by atoms with Crippen molar-refractivity contribution in [1.82, 2.24) is 10.3 Å². The fourth-order valence-corrected chi connectivity index (χ4v) is 2.67. The number of pyridine rings is 1. The molecule has 0 bridgehead atoms. The van der Waals surface area contributed by atoms with Crippen LogP contribution < -0.4 is 5.32 Å². The van der Waals surface area contributed by atoms with E-state index in [2.05, 4.69) is 17.2 Å². The third kappa shape index (κ3) is 4.15. The Kier molecular flexibility index (Phi) is 5.09. The molecule has 2 atom stereocenters. The lowest BCUT2D eigenvalue weighted by Crippen LogP contribution is -2.41. The summed E-state index contributed by atoms with van der Waals surface area (Å²) in [5.41, 5.74) is 0.786. The Balaban J connectivity index is 2.13. The highest BCUT2D eigenvalue weighted by Crippen LogP contribution is 2.24. The van der Waals surface area contributed by atoms with E-state index in [4.69, 9.17) is 5.11 Å². The van der Waals surface area contributed by atoms with Crippen molar-refractivity contribution in [2.24, 2.45) is 5.92 Å². The first-order valence-electron chi connectivity index (χ1n) is 7.25. The molecule has 1 heterocycles. The van der Waals surface area contributed by atoms with Crippen LogP contribution in [0.15, 0.2) is 24.4 Å². The van der Waals surface area contributed by atoms with Gasteiger partial charge in [-0.25, -0.2) is 4.79 Å². The molecule has 1 aromatic heterocycles. The van der Waals surface area contributed by atoms with Gasteiger partial charge in [-0.05, 0) is 30.9 Å². The average Bonchev–Trinajstić information content (AvgIpc) is 2.47. The fourth-order valence-electron chi connectivity index (χ4n) is 2.67. The molecule has 2 unspecified atom stereocenters. The van der Waals surface area contributed by atoms with Crippen LogP contribution in [0.3, 0.4) is 0 Å². The zero-order valence-electron chi connectivity index (χ0n) is 12.1. The second-order valence-corrected chi connectivity index (χ2v) is 5.45. The highest BCUT2D eigenvalue weighted by atomic mass is 16.4. The van der Waals surface area contributed by atoms with Crippen LogP contribution in [-0.2, 0) is 4.79 Å². The quantitative estimate of drug-likeness (QED) is 0.834. The third-order valence-electron chi connectivity index (χ3n) is 3.89. The number of nitrogens with zero attached hydrogens (tertiary/aromatic N) is 1. The van der Waals surface area contributed by atoms with Crippen molar-refractivity contribution in [3.63, 3.8) is 0 Å². The summed E-state index contributed by atoms with van der Waals surface area (Å²) in [5.74, 6) is -0.824. The molecule has 112 valence electrons. The average molecular weight is 288 g/mol. The van der Waals surface area contributed by atoms with Gasteiger partial charge in [0.05, 0.1) is 0 Å². The van der Waals surface area contributed by atoms with Crippen LogP contribution in [0.4, 0.5) is 0 Å². The Morgan fingerprint density at radius 2 is 2.14 bits per heavy atom. The SMILES string of the molecule is CC1CCCCC1NC(=O)c1ncccc1/C=C/C(=O)O. The second kappa shape index (κ2) is 7.02. The van der Waals surface area contributed by atoms with Gasteiger partial charge in [-0.3, -0.25) is 9.78 Å². The zero-order chi connectivity index (χ0) is 15.2. The molecule has 5 nitrogen and oxygen atoms in total. The predicted octanol–water partition coefficient (Wildman–Crippen LogP) is 2.49. The van der Waals surface area contributed by atoms with E-state index in [1.54, 1.807) is 12.1 Å². The van der Waals surface area contributed by atoms with Crippen molar-refractivity contribution in [2.75, 3.05) is 0 Å². The first-order chi connectivity index (χ1) is 10.1. The minimum Gasteiger partial charge on any atom is -0.478 e. The molecule has 5 heteroatoms. The molecule has 0 aromatic carbocycles. The van der Waals surface area contributed by atoms with Gasteiger partial charge in [-0.2, -0.15) is 0 Å². The van der Waals surface area contributed by atoms with E-state index >= 15 is 0 Å². The molecular weight excluding hydrogens is 268 g/mol. The van der Waals surface area contributed by atoms with Crippen LogP contribution in [0.25, 0.3) is 6.08 Å². The molecule has 1 fully saturated rings. The van der Waals surface area contributed by atoms with Crippen LogP contribution in [-0.4, -0.2) is 28.0 Å². The molecule has 2 rings (SSSR count). The molecule has 21 heavy (non-hydrogen) atoms. The largest absolute Gasteiger partial charge is 0.478 e. The van der Waals surface area contributed by atoms with Gasteiger partial charge >= 0.3 is 5.97 Å². The first kappa shape index (κ1) is 15.2. The van der Waals surface area contributed by atoms with E-state index in [1.807, 2.05) is 0 Å². The zero-order valence-corrected chi connectivity index (χ0v) is 12.1. The molecule has 1 amide bonds. The monoisotopic (exact) mass is 288 g/mol. The van der Waals surface area contributed by atoms with Crippen molar-refractivity contribution in [3.05, 3.63) is 35.7 Å².